The van der Waals surface area contributed by atoms with Crippen LogP contribution < -0.4 is 10.6 Å². The van der Waals surface area contributed by atoms with Gasteiger partial charge in [0.05, 0.1) is 13.2 Å². The number of hydrogen-bond donors (Lipinski definition) is 14. The van der Waals surface area contributed by atoms with Crippen LogP contribution in [0.3, 0.4) is 0 Å². The van der Waals surface area contributed by atoms with Gasteiger partial charge in [-0.15, -0.1) is 0 Å². The number of nitrogens with one attached hydrogen (secondary N) is 2. The molecule has 4 saturated heterocycles. The number of amides is 2. The fourth-order valence-corrected chi connectivity index (χ4v) is 6.30. The van der Waals surface area contributed by atoms with Crippen LogP contribution in [-0.2, 0) is 52.3 Å². The Balaban J connectivity index is 1.62. The number of ether oxygens (including phenoxy) is 7. The Morgan fingerprint density at radius 2 is 0.943 bits per heavy atom. The van der Waals surface area contributed by atoms with Gasteiger partial charge in [0.2, 0.25) is 11.8 Å². The molecule has 0 aliphatic carbocycles. The van der Waals surface area contributed by atoms with Gasteiger partial charge in [-0.05, 0) is 0 Å². The van der Waals surface area contributed by atoms with E-state index in [4.69, 9.17) is 33.2 Å². The number of carboxylic acid groups (broad SMARTS) is 2. The predicted molar refractivity (Wildman–Crippen MR) is 158 cm³/mol. The van der Waals surface area contributed by atoms with E-state index in [0.717, 1.165) is 13.8 Å². The summed E-state index contributed by atoms with van der Waals surface area (Å²) in [5.41, 5.74) is 0. The van der Waals surface area contributed by atoms with Crippen LogP contribution in [-0.4, -0.2) is 221 Å². The first kappa shape index (κ1) is 42.9. The van der Waals surface area contributed by atoms with Gasteiger partial charge >= 0.3 is 11.9 Å². The van der Waals surface area contributed by atoms with Crippen LogP contribution in [0.4, 0.5) is 0 Å². The number of aliphatic hydroxyl groups is 10. The summed E-state index contributed by atoms with van der Waals surface area (Å²) in [7, 11) is 0. The van der Waals surface area contributed by atoms with Gasteiger partial charge < -0.3 is 105 Å². The number of hydrogen-bond acceptors (Lipinski definition) is 21. The van der Waals surface area contributed by atoms with Crippen molar-refractivity contribution in [2.45, 2.75) is 137 Å². The zero-order chi connectivity index (χ0) is 39.6. The maximum atomic E-state index is 12.5. The molecule has 25 heteroatoms. The lowest BCUT2D eigenvalue weighted by molar-refractivity contribution is -0.368. The Hall–Kier alpha value is -2.80. The van der Waals surface area contributed by atoms with Gasteiger partial charge in [-0.2, -0.15) is 0 Å². The molecule has 0 saturated carbocycles. The van der Waals surface area contributed by atoms with Crippen molar-refractivity contribution in [3.05, 3.63) is 0 Å². The van der Waals surface area contributed by atoms with Gasteiger partial charge in [0.1, 0.15) is 85.3 Å². The number of carbonyl (C=O) groups excluding carboxylic acids is 2. The maximum Gasteiger partial charge on any atom is 0.335 e. The van der Waals surface area contributed by atoms with E-state index < -0.39 is 160 Å². The quantitative estimate of drug-likeness (QED) is 0.0875. The Bertz CT molecular complexity index is 1300. The van der Waals surface area contributed by atoms with Crippen molar-refractivity contribution in [2.75, 3.05) is 13.2 Å². The first-order valence-corrected chi connectivity index (χ1v) is 16.1. The minimum absolute atomic E-state index is 0.752. The van der Waals surface area contributed by atoms with Gasteiger partial charge in [-0.25, -0.2) is 9.59 Å². The molecule has 0 bridgehead atoms. The lowest BCUT2D eigenvalue weighted by Gasteiger charge is -2.49. The van der Waals surface area contributed by atoms with Gasteiger partial charge in [-0.3, -0.25) is 9.59 Å². The SMILES string of the molecule is CC(=O)N[C@@H]1[C@@H](O[C@@H]2O[C@H](C(=O)O)[C@@H](O[C@@H]3O[C@H](CO)[C@@H](O)[C@@H](O[C@@H]4O[C@H](C(=O)O)[C@@H](O)[C@H](O)[C@H]4O)[C@H]3NC(C)=O)[C@H](O)[C@H]2O)[C@H](O)[C@@H](CO)O[C@H]1O. The highest BCUT2D eigenvalue weighted by Crippen LogP contribution is 2.34. The fourth-order valence-electron chi connectivity index (χ4n) is 6.30. The Morgan fingerprint density at radius 1 is 0.509 bits per heavy atom. The first-order valence-electron chi connectivity index (χ1n) is 16.1. The fraction of sp³-hybridized carbons (Fsp3) is 0.857. The highest BCUT2D eigenvalue weighted by molar-refractivity contribution is 5.74. The van der Waals surface area contributed by atoms with Crippen LogP contribution in [0.1, 0.15) is 13.8 Å². The highest BCUT2D eigenvalue weighted by Gasteiger charge is 2.57. The molecular formula is C28H44N2O23. The molecular weight excluding hydrogens is 732 g/mol. The van der Waals surface area contributed by atoms with Crippen LogP contribution in [0, 0.1) is 0 Å². The summed E-state index contributed by atoms with van der Waals surface area (Å²) in [6.45, 7) is 0.116. The van der Waals surface area contributed by atoms with Crippen LogP contribution in [0.2, 0.25) is 0 Å². The molecule has 0 aromatic rings. The largest absolute Gasteiger partial charge is 0.479 e. The number of rotatable bonds is 12. The number of carbonyl (C=O) groups is 4. The van der Waals surface area contributed by atoms with E-state index in [1.807, 2.05) is 0 Å². The van der Waals surface area contributed by atoms with Gasteiger partial charge in [0, 0.05) is 13.8 Å². The summed E-state index contributed by atoms with van der Waals surface area (Å²) >= 11 is 0. The van der Waals surface area contributed by atoms with E-state index in [1.165, 1.54) is 0 Å². The second kappa shape index (κ2) is 17.8. The van der Waals surface area contributed by atoms with E-state index in [-0.39, 0.29) is 0 Å². The van der Waals surface area contributed by atoms with E-state index in [1.54, 1.807) is 0 Å². The molecule has 0 radical (unpaired) electrons. The topological polar surface area (TPSA) is 400 Å². The number of aliphatic hydroxyl groups excluding tert-OH is 10. The van der Waals surface area contributed by atoms with E-state index in [0.29, 0.717) is 0 Å². The van der Waals surface area contributed by atoms with Crippen LogP contribution >= 0.6 is 0 Å². The summed E-state index contributed by atoms with van der Waals surface area (Å²) in [5, 5.41) is 129. The summed E-state index contributed by atoms with van der Waals surface area (Å²) in [5.74, 6) is -5.28. The number of aliphatic carboxylic acids is 2. The Kier molecular flexibility index (Phi) is 14.4. The summed E-state index contributed by atoms with van der Waals surface area (Å²) in [4.78, 5) is 48.2. The average Bonchev–Trinajstić information content (AvgIpc) is 3.08. The maximum absolute atomic E-state index is 12.5. The Labute approximate surface area is 298 Å². The lowest BCUT2D eigenvalue weighted by Crippen LogP contribution is -2.70. The van der Waals surface area contributed by atoms with Crippen LogP contribution in [0.25, 0.3) is 0 Å². The van der Waals surface area contributed by atoms with Gasteiger partial charge in [0.15, 0.2) is 37.4 Å². The third-order valence-corrected chi connectivity index (χ3v) is 8.94. The third kappa shape index (κ3) is 9.19. The van der Waals surface area contributed by atoms with E-state index >= 15 is 0 Å². The molecule has 4 aliphatic rings. The second-order valence-electron chi connectivity index (χ2n) is 12.7. The number of carboxylic acids is 2. The zero-order valence-corrected chi connectivity index (χ0v) is 27.8. The van der Waals surface area contributed by atoms with Crippen molar-refractivity contribution >= 4 is 23.8 Å². The summed E-state index contributed by atoms with van der Waals surface area (Å²) < 4.78 is 38.0. The molecule has 4 aliphatic heterocycles. The molecule has 20 atom stereocenters. The standard InChI is InChI=1S/C28H44N2O23/c1-5(33)29-9-18(11(35)7(3-31)47-25(9)46)49-28-17(41)15(39)20(22(53-28)24(44)45)51-26-10(30-6(2)34)19(12(36)8(4-32)48-26)50-27-16(40)13(37)14(38)21(52-27)23(42)43/h7-22,25-28,31-32,35-41,46H,3-4H2,1-2H3,(H,29,33)(H,30,34)(H,42,43)(H,44,45)/t7-,8-,9-,10-,11-,12-,13+,14+,15-,16-,17-,18-,19+,20+,21+,22+,25-,26+,27-,28-/m1/s1. The second-order valence-corrected chi connectivity index (χ2v) is 12.7. The molecule has 53 heavy (non-hydrogen) atoms. The van der Waals surface area contributed by atoms with Crippen LogP contribution in [0.15, 0.2) is 0 Å². The van der Waals surface area contributed by atoms with Crippen molar-refractivity contribution in [1.82, 2.24) is 10.6 Å². The van der Waals surface area contributed by atoms with Gasteiger partial charge in [-0.1, -0.05) is 0 Å². The van der Waals surface area contributed by atoms with Crippen molar-refractivity contribution < 1.29 is 114 Å². The minimum Gasteiger partial charge on any atom is -0.479 e. The molecule has 0 spiro atoms. The third-order valence-electron chi connectivity index (χ3n) is 8.94. The molecule has 4 rings (SSSR count). The molecule has 4 heterocycles. The normalized spacial score (nSPS) is 46.3. The van der Waals surface area contributed by atoms with Crippen molar-refractivity contribution in [1.29, 1.82) is 0 Å². The lowest BCUT2D eigenvalue weighted by atomic mass is 9.94. The Morgan fingerprint density at radius 3 is 1.43 bits per heavy atom. The minimum atomic E-state index is -2.30. The first-order chi connectivity index (χ1) is 24.8. The molecule has 0 aromatic carbocycles. The van der Waals surface area contributed by atoms with Crippen molar-refractivity contribution in [3.8, 4) is 0 Å². The highest BCUT2D eigenvalue weighted by atomic mass is 16.8. The predicted octanol–water partition coefficient (Wildman–Crippen LogP) is -9.28. The van der Waals surface area contributed by atoms with Gasteiger partial charge in [0.25, 0.3) is 0 Å². The molecule has 0 unspecified atom stereocenters. The van der Waals surface area contributed by atoms with E-state index in [9.17, 15) is 80.5 Å². The molecule has 0 aromatic heterocycles. The molecule has 2 amide bonds. The monoisotopic (exact) mass is 776 g/mol. The van der Waals surface area contributed by atoms with Crippen LogP contribution in [0.5, 0.6) is 0 Å². The summed E-state index contributed by atoms with van der Waals surface area (Å²) in [6.07, 6.45) is -36.5. The molecule has 304 valence electrons. The van der Waals surface area contributed by atoms with E-state index in [2.05, 4.69) is 10.6 Å². The summed E-state index contributed by atoms with van der Waals surface area (Å²) in [6, 6.07) is -3.38. The zero-order valence-electron chi connectivity index (χ0n) is 27.8. The smallest absolute Gasteiger partial charge is 0.335 e. The molecule has 14 N–H and O–H groups in total. The molecule has 4 fully saturated rings. The van der Waals surface area contributed by atoms with Crippen molar-refractivity contribution in [3.63, 3.8) is 0 Å². The average molecular weight is 777 g/mol. The van der Waals surface area contributed by atoms with Crippen molar-refractivity contribution in [2.24, 2.45) is 0 Å². The molecule has 25 nitrogen and oxygen atoms in total.